The number of benzene rings is 3. The number of carbonyl (C=O) groups is 1. The summed E-state index contributed by atoms with van der Waals surface area (Å²) in [5.74, 6) is -0.276. The molecule has 3 rings (SSSR count). The van der Waals surface area contributed by atoms with Crippen molar-refractivity contribution in [1.29, 1.82) is 0 Å². The quantitative estimate of drug-likeness (QED) is 0.730. The molecule has 0 aliphatic carbocycles. The molecular weight excluding hydrogens is 248 g/mol. The summed E-state index contributed by atoms with van der Waals surface area (Å²) in [6.07, 6.45) is -1.14. The predicted octanol–water partition coefficient (Wildman–Crippen LogP) is 3.76. The van der Waals surface area contributed by atoms with E-state index in [4.69, 9.17) is 0 Å². The lowest BCUT2D eigenvalue weighted by Gasteiger charge is -2.13. The summed E-state index contributed by atoms with van der Waals surface area (Å²) in [5, 5.41) is 12.3. The van der Waals surface area contributed by atoms with Crippen molar-refractivity contribution < 1.29 is 9.90 Å². The third-order valence-electron chi connectivity index (χ3n) is 3.42. The van der Waals surface area contributed by atoms with E-state index in [0.717, 1.165) is 10.8 Å². The van der Waals surface area contributed by atoms with Crippen LogP contribution >= 0.6 is 0 Å². The van der Waals surface area contributed by atoms with Gasteiger partial charge in [0, 0.05) is 5.56 Å². The second-order valence-corrected chi connectivity index (χ2v) is 4.70. The first-order valence-corrected chi connectivity index (χ1v) is 6.52. The number of aliphatic hydroxyl groups is 1. The number of hydrogen-bond donors (Lipinski definition) is 1. The van der Waals surface area contributed by atoms with Crippen molar-refractivity contribution in [3.8, 4) is 0 Å². The first kappa shape index (κ1) is 12.6. The van der Waals surface area contributed by atoms with Crippen LogP contribution < -0.4 is 0 Å². The van der Waals surface area contributed by atoms with Crippen LogP contribution in [0.15, 0.2) is 72.8 Å². The Bertz CT molecular complexity index is 742. The first-order chi connectivity index (χ1) is 9.77. The number of hydrogen-bond acceptors (Lipinski definition) is 2. The van der Waals surface area contributed by atoms with Crippen molar-refractivity contribution in [1.82, 2.24) is 0 Å². The third-order valence-corrected chi connectivity index (χ3v) is 3.42. The van der Waals surface area contributed by atoms with E-state index in [-0.39, 0.29) is 5.78 Å². The van der Waals surface area contributed by atoms with Gasteiger partial charge in [-0.05, 0) is 16.3 Å². The predicted molar refractivity (Wildman–Crippen MR) is 79.7 cm³/mol. The van der Waals surface area contributed by atoms with Gasteiger partial charge >= 0.3 is 0 Å². The first-order valence-electron chi connectivity index (χ1n) is 6.52. The van der Waals surface area contributed by atoms with Crippen LogP contribution in [0.2, 0.25) is 0 Å². The van der Waals surface area contributed by atoms with E-state index in [1.54, 1.807) is 30.3 Å². The van der Waals surface area contributed by atoms with Crippen LogP contribution in [0, 0.1) is 0 Å². The number of carbonyl (C=O) groups excluding carboxylic acids is 1. The van der Waals surface area contributed by atoms with Crippen LogP contribution in [0.3, 0.4) is 0 Å². The lowest BCUT2D eigenvalue weighted by Crippen LogP contribution is -2.12. The van der Waals surface area contributed by atoms with Crippen molar-refractivity contribution in [2.24, 2.45) is 0 Å². The highest BCUT2D eigenvalue weighted by atomic mass is 16.3. The molecule has 3 aromatic carbocycles. The van der Waals surface area contributed by atoms with Crippen LogP contribution in [0.1, 0.15) is 22.0 Å². The lowest BCUT2D eigenvalue weighted by atomic mass is 9.95. The second kappa shape index (κ2) is 5.27. The molecule has 0 fully saturated rings. The minimum Gasteiger partial charge on any atom is -0.380 e. The lowest BCUT2D eigenvalue weighted by molar-refractivity contribution is 0.0750. The van der Waals surface area contributed by atoms with Gasteiger partial charge in [-0.2, -0.15) is 0 Å². The number of rotatable bonds is 3. The Kier molecular flexibility index (Phi) is 3.32. The molecule has 0 bridgehead atoms. The number of fused-ring (bicyclic) bond motifs is 1. The van der Waals surface area contributed by atoms with Gasteiger partial charge in [0.15, 0.2) is 5.78 Å². The Morgan fingerprint density at radius 3 is 2.25 bits per heavy atom. The molecule has 0 aliphatic rings. The minimum atomic E-state index is -1.14. The van der Waals surface area contributed by atoms with Crippen molar-refractivity contribution >= 4 is 16.6 Å². The highest BCUT2D eigenvalue weighted by molar-refractivity contribution is 6.02. The molecule has 0 heterocycles. The van der Waals surface area contributed by atoms with Gasteiger partial charge < -0.3 is 5.11 Å². The fourth-order valence-corrected chi connectivity index (χ4v) is 2.39. The molecule has 2 heteroatoms. The molecule has 0 radical (unpaired) electrons. The smallest absolute Gasteiger partial charge is 0.195 e. The van der Waals surface area contributed by atoms with Crippen molar-refractivity contribution in [3.05, 3.63) is 83.9 Å². The van der Waals surface area contributed by atoms with E-state index in [0.29, 0.717) is 11.1 Å². The Hall–Kier alpha value is -2.45. The van der Waals surface area contributed by atoms with E-state index >= 15 is 0 Å². The topological polar surface area (TPSA) is 37.3 Å². The van der Waals surface area contributed by atoms with Crippen molar-refractivity contribution in [2.45, 2.75) is 6.10 Å². The van der Waals surface area contributed by atoms with E-state index in [1.807, 2.05) is 42.5 Å². The van der Waals surface area contributed by atoms with Gasteiger partial charge in [-0.1, -0.05) is 72.8 Å². The van der Waals surface area contributed by atoms with Crippen LogP contribution in [-0.4, -0.2) is 10.9 Å². The van der Waals surface area contributed by atoms with Gasteiger partial charge in [-0.25, -0.2) is 0 Å². The highest BCUT2D eigenvalue weighted by Gasteiger charge is 2.20. The fraction of sp³-hybridized carbons (Fsp3) is 0.0556. The van der Waals surface area contributed by atoms with Gasteiger partial charge in [0.05, 0.1) is 0 Å². The number of ketones is 1. The zero-order valence-electron chi connectivity index (χ0n) is 10.9. The summed E-state index contributed by atoms with van der Waals surface area (Å²) in [7, 11) is 0. The Balaban J connectivity index is 2.05. The molecule has 0 saturated carbocycles. The van der Waals surface area contributed by atoms with Crippen LogP contribution in [0.4, 0.5) is 0 Å². The normalized spacial score (nSPS) is 12.2. The van der Waals surface area contributed by atoms with Gasteiger partial charge in [0.2, 0.25) is 0 Å². The zero-order valence-corrected chi connectivity index (χ0v) is 10.9. The molecule has 1 N–H and O–H groups in total. The average molecular weight is 262 g/mol. The molecule has 0 unspecified atom stereocenters. The molecule has 1 atom stereocenters. The highest BCUT2D eigenvalue weighted by Crippen LogP contribution is 2.26. The monoisotopic (exact) mass is 262 g/mol. The summed E-state index contributed by atoms with van der Waals surface area (Å²) in [6, 6.07) is 22.2. The molecule has 3 aromatic rings. The Morgan fingerprint density at radius 2 is 1.45 bits per heavy atom. The maximum absolute atomic E-state index is 12.3. The Labute approximate surface area is 117 Å². The van der Waals surface area contributed by atoms with E-state index in [2.05, 4.69) is 0 Å². The maximum atomic E-state index is 12.3. The molecular formula is C18H14O2. The molecule has 2 nitrogen and oxygen atoms in total. The fourth-order valence-electron chi connectivity index (χ4n) is 2.39. The molecule has 0 spiro atoms. The summed E-state index contributed by atoms with van der Waals surface area (Å²) in [6.45, 7) is 0. The molecule has 0 aliphatic heterocycles. The van der Waals surface area contributed by atoms with E-state index < -0.39 is 6.10 Å². The largest absolute Gasteiger partial charge is 0.380 e. The SMILES string of the molecule is O=C(c1ccccc1)[C@@H](O)c1cccc2ccccc12. The Morgan fingerprint density at radius 1 is 0.800 bits per heavy atom. The summed E-state index contributed by atoms with van der Waals surface area (Å²) < 4.78 is 0. The van der Waals surface area contributed by atoms with Crippen molar-refractivity contribution in [2.75, 3.05) is 0 Å². The second-order valence-electron chi connectivity index (χ2n) is 4.70. The van der Waals surface area contributed by atoms with Gasteiger partial charge in [-0.15, -0.1) is 0 Å². The molecule has 0 amide bonds. The maximum Gasteiger partial charge on any atom is 0.195 e. The number of Topliss-reactive ketones (excluding diaryl/α,β-unsaturated/α-hetero) is 1. The van der Waals surface area contributed by atoms with Crippen molar-refractivity contribution in [3.63, 3.8) is 0 Å². The third kappa shape index (κ3) is 2.22. The van der Waals surface area contributed by atoms with Gasteiger partial charge in [0.1, 0.15) is 6.10 Å². The minimum absolute atomic E-state index is 0.276. The van der Waals surface area contributed by atoms with E-state index in [9.17, 15) is 9.90 Å². The summed E-state index contributed by atoms with van der Waals surface area (Å²) >= 11 is 0. The average Bonchev–Trinajstić information content (AvgIpc) is 2.54. The standard InChI is InChI=1S/C18H14O2/c19-17(14-8-2-1-3-9-14)18(20)16-12-6-10-13-7-4-5-11-15(13)16/h1-12,18,20H/t18-/m0/s1. The molecule has 0 saturated heterocycles. The van der Waals surface area contributed by atoms with Crippen LogP contribution in [-0.2, 0) is 0 Å². The zero-order chi connectivity index (χ0) is 13.9. The molecule has 0 aromatic heterocycles. The van der Waals surface area contributed by atoms with Crippen LogP contribution in [0.25, 0.3) is 10.8 Å². The summed E-state index contributed by atoms with van der Waals surface area (Å²) in [4.78, 5) is 12.3. The van der Waals surface area contributed by atoms with Crippen LogP contribution in [0.5, 0.6) is 0 Å². The molecule has 20 heavy (non-hydrogen) atoms. The van der Waals surface area contributed by atoms with Gasteiger partial charge in [0.25, 0.3) is 0 Å². The summed E-state index contributed by atoms with van der Waals surface area (Å²) in [5.41, 5.74) is 1.17. The number of aliphatic hydroxyl groups excluding tert-OH is 1. The van der Waals surface area contributed by atoms with E-state index in [1.165, 1.54) is 0 Å². The van der Waals surface area contributed by atoms with Gasteiger partial charge in [-0.3, -0.25) is 4.79 Å². The molecule has 98 valence electrons.